The third kappa shape index (κ3) is 5.23. The molecule has 0 saturated carbocycles. The molecule has 0 radical (unpaired) electrons. The maximum atomic E-state index is 12.6. The maximum absolute atomic E-state index is 12.6. The van der Waals surface area contributed by atoms with Crippen LogP contribution in [0.5, 0.6) is 5.75 Å². The highest BCUT2D eigenvalue weighted by atomic mass is 32.2. The Morgan fingerprint density at radius 1 is 1.11 bits per heavy atom. The Morgan fingerprint density at radius 2 is 1.74 bits per heavy atom. The molecular weight excluding hydrogens is 364 g/mol. The van der Waals surface area contributed by atoms with Gasteiger partial charge in [0.05, 0.1) is 17.7 Å². The van der Waals surface area contributed by atoms with E-state index in [2.05, 4.69) is 10.0 Å². The highest BCUT2D eigenvalue weighted by Crippen LogP contribution is 2.23. The molecule has 0 heterocycles. The number of hydrogen-bond acceptors (Lipinski definition) is 4. The molecule has 27 heavy (non-hydrogen) atoms. The summed E-state index contributed by atoms with van der Waals surface area (Å²) in [7, 11) is -2.21. The SMILES string of the molecule is CCC(C)(C)NC(=O)c1ccc(NS(=O)(=O)c2ccc(OC)cc2)c(C)c1. The van der Waals surface area contributed by atoms with Crippen LogP contribution in [0.25, 0.3) is 0 Å². The molecule has 2 aromatic carbocycles. The largest absolute Gasteiger partial charge is 0.497 e. The molecule has 2 aromatic rings. The lowest BCUT2D eigenvalue weighted by atomic mass is 10.0. The second kappa shape index (κ2) is 8.00. The van der Waals surface area contributed by atoms with Crippen molar-refractivity contribution in [3.63, 3.8) is 0 Å². The van der Waals surface area contributed by atoms with Gasteiger partial charge in [0.1, 0.15) is 5.75 Å². The molecular formula is C20H26N2O4S. The quantitative estimate of drug-likeness (QED) is 0.755. The van der Waals surface area contributed by atoms with Crippen LogP contribution in [0.4, 0.5) is 5.69 Å². The first-order valence-electron chi connectivity index (χ1n) is 8.68. The van der Waals surface area contributed by atoms with Crippen LogP contribution in [0.2, 0.25) is 0 Å². The van der Waals surface area contributed by atoms with Crippen molar-refractivity contribution in [3.05, 3.63) is 53.6 Å². The van der Waals surface area contributed by atoms with E-state index >= 15 is 0 Å². The molecule has 0 spiro atoms. The normalized spacial score (nSPS) is 11.7. The van der Waals surface area contributed by atoms with Gasteiger partial charge < -0.3 is 10.1 Å². The molecule has 0 atom stereocenters. The van der Waals surface area contributed by atoms with Crippen molar-refractivity contribution in [1.29, 1.82) is 0 Å². The monoisotopic (exact) mass is 390 g/mol. The number of anilines is 1. The first kappa shape index (κ1) is 20.8. The predicted molar refractivity (Wildman–Crippen MR) is 107 cm³/mol. The minimum Gasteiger partial charge on any atom is -0.497 e. The van der Waals surface area contributed by atoms with Crippen LogP contribution < -0.4 is 14.8 Å². The first-order chi connectivity index (χ1) is 12.6. The van der Waals surface area contributed by atoms with Crippen LogP contribution in [0.3, 0.4) is 0 Å². The second-order valence-corrected chi connectivity index (χ2v) is 8.68. The molecule has 1 amide bonds. The van der Waals surface area contributed by atoms with Gasteiger partial charge in [-0.15, -0.1) is 0 Å². The molecule has 0 unspecified atom stereocenters. The smallest absolute Gasteiger partial charge is 0.261 e. The summed E-state index contributed by atoms with van der Waals surface area (Å²) >= 11 is 0. The summed E-state index contributed by atoms with van der Waals surface area (Å²) < 4.78 is 32.7. The fourth-order valence-corrected chi connectivity index (χ4v) is 3.48. The molecule has 2 N–H and O–H groups in total. The Kier molecular flexibility index (Phi) is 6.15. The van der Waals surface area contributed by atoms with Crippen molar-refractivity contribution < 1.29 is 17.9 Å². The second-order valence-electron chi connectivity index (χ2n) is 7.00. The van der Waals surface area contributed by atoms with Gasteiger partial charge in [-0.25, -0.2) is 8.42 Å². The standard InChI is InChI=1S/C20H26N2O4S/c1-6-20(3,4)21-19(23)15-7-12-18(14(2)13-15)22-27(24,25)17-10-8-16(26-5)9-11-17/h7-13,22H,6H2,1-5H3,(H,21,23). The van der Waals surface area contributed by atoms with Gasteiger partial charge in [0, 0.05) is 11.1 Å². The molecule has 0 aliphatic heterocycles. The molecule has 2 rings (SSSR count). The fourth-order valence-electron chi connectivity index (χ4n) is 2.35. The van der Waals surface area contributed by atoms with E-state index in [0.717, 1.165) is 6.42 Å². The zero-order valence-electron chi connectivity index (χ0n) is 16.3. The number of ether oxygens (including phenoxy) is 1. The summed E-state index contributed by atoms with van der Waals surface area (Å²) in [5.41, 5.74) is 1.27. The van der Waals surface area contributed by atoms with E-state index in [9.17, 15) is 13.2 Å². The summed E-state index contributed by atoms with van der Waals surface area (Å²) in [5, 5.41) is 2.96. The van der Waals surface area contributed by atoms with Gasteiger partial charge in [0.15, 0.2) is 0 Å². The summed E-state index contributed by atoms with van der Waals surface area (Å²) in [4.78, 5) is 12.5. The molecule has 0 fully saturated rings. The van der Waals surface area contributed by atoms with Crippen LogP contribution in [0.15, 0.2) is 47.4 Å². The molecule has 146 valence electrons. The summed E-state index contributed by atoms with van der Waals surface area (Å²) in [6.45, 7) is 7.67. The molecule has 0 saturated heterocycles. The van der Waals surface area contributed by atoms with Crippen molar-refractivity contribution in [2.75, 3.05) is 11.8 Å². The van der Waals surface area contributed by atoms with Gasteiger partial charge >= 0.3 is 0 Å². The van der Waals surface area contributed by atoms with E-state index in [0.29, 0.717) is 22.6 Å². The lowest BCUT2D eigenvalue weighted by Gasteiger charge is -2.24. The van der Waals surface area contributed by atoms with E-state index in [1.54, 1.807) is 37.3 Å². The number of carbonyl (C=O) groups is 1. The van der Waals surface area contributed by atoms with Crippen LogP contribution in [0, 0.1) is 6.92 Å². The Hall–Kier alpha value is -2.54. The zero-order valence-corrected chi connectivity index (χ0v) is 17.1. The van der Waals surface area contributed by atoms with Crippen LogP contribution >= 0.6 is 0 Å². The Morgan fingerprint density at radius 3 is 2.26 bits per heavy atom. The fraction of sp³-hybridized carbons (Fsp3) is 0.350. The van der Waals surface area contributed by atoms with Crippen LogP contribution in [0.1, 0.15) is 43.1 Å². The van der Waals surface area contributed by atoms with Gasteiger partial charge in [-0.2, -0.15) is 0 Å². The average molecular weight is 391 g/mol. The molecule has 7 heteroatoms. The van der Waals surface area contributed by atoms with E-state index in [-0.39, 0.29) is 16.3 Å². The lowest BCUT2D eigenvalue weighted by molar-refractivity contribution is 0.0911. The number of benzene rings is 2. The van der Waals surface area contributed by atoms with E-state index in [1.807, 2.05) is 20.8 Å². The topological polar surface area (TPSA) is 84.5 Å². The number of rotatable bonds is 7. The van der Waals surface area contributed by atoms with E-state index in [1.165, 1.54) is 19.2 Å². The lowest BCUT2D eigenvalue weighted by Crippen LogP contribution is -2.42. The predicted octanol–water partition coefficient (Wildman–Crippen LogP) is 3.72. The van der Waals surface area contributed by atoms with Gasteiger partial charge in [-0.05, 0) is 75.2 Å². The van der Waals surface area contributed by atoms with Crippen molar-refractivity contribution in [2.24, 2.45) is 0 Å². The molecule has 6 nitrogen and oxygen atoms in total. The molecule has 0 aliphatic carbocycles. The molecule has 0 bridgehead atoms. The number of methoxy groups -OCH3 is 1. The Labute approximate surface area is 161 Å². The number of aryl methyl sites for hydroxylation is 1. The van der Waals surface area contributed by atoms with Gasteiger partial charge in [0.25, 0.3) is 15.9 Å². The first-order valence-corrected chi connectivity index (χ1v) is 10.2. The third-order valence-electron chi connectivity index (χ3n) is 4.44. The number of amides is 1. The molecule has 0 aliphatic rings. The Balaban J connectivity index is 2.21. The van der Waals surface area contributed by atoms with Crippen molar-refractivity contribution in [2.45, 2.75) is 44.6 Å². The summed E-state index contributed by atoms with van der Waals surface area (Å²) in [6, 6.07) is 11.0. The van der Waals surface area contributed by atoms with Gasteiger partial charge in [-0.1, -0.05) is 6.92 Å². The van der Waals surface area contributed by atoms with Crippen LogP contribution in [-0.2, 0) is 10.0 Å². The average Bonchev–Trinajstić information content (AvgIpc) is 2.63. The Bertz CT molecular complexity index is 919. The number of hydrogen-bond donors (Lipinski definition) is 2. The van der Waals surface area contributed by atoms with Crippen molar-refractivity contribution >= 4 is 21.6 Å². The van der Waals surface area contributed by atoms with Crippen molar-refractivity contribution in [1.82, 2.24) is 5.32 Å². The number of sulfonamides is 1. The zero-order chi connectivity index (χ0) is 20.2. The van der Waals surface area contributed by atoms with Crippen molar-refractivity contribution in [3.8, 4) is 5.75 Å². The number of nitrogens with one attached hydrogen (secondary N) is 2. The van der Waals surface area contributed by atoms with Gasteiger partial charge in [-0.3, -0.25) is 9.52 Å². The summed E-state index contributed by atoms with van der Waals surface area (Å²) in [6.07, 6.45) is 0.803. The van der Waals surface area contributed by atoms with Crippen LogP contribution in [-0.4, -0.2) is 27.0 Å². The summed E-state index contributed by atoms with van der Waals surface area (Å²) in [5.74, 6) is 0.394. The number of carbonyl (C=O) groups excluding carboxylic acids is 1. The molecule has 0 aromatic heterocycles. The highest BCUT2D eigenvalue weighted by Gasteiger charge is 2.20. The van der Waals surface area contributed by atoms with E-state index in [4.69, 9.17) is 4.74 Å². The maximum Gasteiger partial charge on any atom is 0.261 e. The minimum atomic E-state index is -3.73. The highest BCUT2D eigenvalue weighted by molar-refractivity contribution is 7.92. The minimum absolute atomic E-state index is 0.134. The third-order valence-corrected chi connectivity index (χ3v) is 5.82. The van der Waals surface area contributed by atoms with E-state index < -0.39 is 10.0 Å². The van der Waals surface area contributed by atoms with Gasteiger partial charge in [0.2, 0.25) is 0 Å².